The zero-order valence-electron chi connectivity index (χ0n) is 14.3. The molecule has 0 saturated heterocycles. The van der Waals surface area contributed by atoms with Gasteiger partial charge in [0.25, 0.3) is 5.91 Å². The Hall–Kier alpha value is -2.47. The highest BCUT2D eigenvalue weighted by molar-refractivity contribution is 5.93. The molecule has 0 aliphatic carbocycles. The molecule has 0 atom stereocenters. The van der Waals surface area contributed by atoms with Crippen molar-refractivity contribution in [1.29, 1.82) is 0 Å². The second-order valence-corrected chi connectivity index (χ2v) is 6.23. The molecule has 0 spiro atoms. The van der Waals surface area contributed by atoms with Gasteiger partial charge in [-0.25, -0.2) is 4.98 Å². The van der Waals surface area contributed by atoms with Crippen LogP contribution in [0.2, 0.25) is 0 Å². The van der Waals surface area contributed by atoms with E-state index in [1.54, 1.807) is 24.5 Å². The number of hydrogen-bond donors (Lipinski definition) is 1. The van der Waals surface area contributed by atoms with E-state index >= 15 is 0 Å². The Morgan fingerprint density at radius 1 is 1.12 bits per heavy atom. The molecule has 2 aromatic rings. The molecule has 6 heteroatoms. The van der Waals surface area contributed by atoms with Gasteiger partial charge in [0.1, 0.15) is 6.61 Å². The molecule has 1 N–H and O–H groups in total. The summed E-state index contributed by atoms with van der Waals surface area (Å²) in [6.07, 6.45) is 4.89. The summed E-state index contributed by atoms with van der Waals surface area (Å²) in [5.41, 5.74) is 1.29. The average molecular weight is 329 g/mol. The van der Waals surface area contributed by atoms with Crippen LogP contribution in [0.1, 0.15) is 36.7 Å². The van der Waals surface area contributed by atoms with Crippen molar-refractivity contribution in [2.75, 3.05) is 13.2 Å². The molecule has 0 saturated carbocycles. The number of hydrogen-bond acceptors (Lipinski definition) is 5. The number of pyridine rings is 2. The van der Waals surface area contributed by atoms with Gasteiger partial charge in [0.15, 0.2) is 0 Å². The fourth-order valence-electron chi connectivity index (χ4n) is 1.88. The smallest absolute Gasteiger partial charge is 0.253 e. The Balaban J connectivity index is 1.77. The lowest BCUT2D eigenvalue weighted by molar-refractivity contribution is -0.0168. The van der Waals surface area contributed by atoms with Crippen molar-refractivity contribution in [3.8, 4) is 5.88 Å². The number of carbonyl (C=O) groups is 1. The number of carbonyl (C=O) groups excluding carboxylic acids is 1. The van der Waals surface area contributed by atoms with Crippen LogP contribution >= 0.6 is 0 Å². The summed E-state index contributed by atoms with van der Waals surface area (Å²) < 4.78 is 11.1. The SMILES string of the molecule is CC(C)(C)OCCOc1ccc(C(=O)NCc2ccncc2)cn1. The van der Waals surface area contributed by atoms with Crippen LogP contribution in [0.15, 0.2) is 42.9 Å². The number of amides is 1. The third kappa shape index (κ3) is 6.34. The summed E-state index contributed by atoms with van der Waals surface area (Å²) in [5.74, 6) is 0.292. The standard InChI is InChI=1S/C18H23N3O3/c1-18(2,3)24-11-10-23-16-5-4-15(13-20-16)17(22)21-12-14-6-8-19-9-7-14/h4-9,13H,10-12H2,1-3H3,(H,21,22). The molecular weight excluding hydrogens is 306 g/mol. The molecule has 2 rings (SSSR count). The lowest BCUT2D eigenvalue weighted by Gasteiger charge is -2.19. The van der Waals surface area contributed by atoms with Crippen LogP contribution in [-0.2, 0) is 11.3 Å². The molecule has 2 heterocycles. The maximum atomic E-state index is 12.1. The van der Waals surface area contributed by atoms with Crippen LogP contribution < -0.4 is 10.1 Å². The van der Waals surface area contributed by atoms with Crippen molar-refractivity contribution in [3.05, 3.63) is 54.0 Å². The van der Waals surface area contributed by atoms with Crippen molar-refractivity contribution in [2.24, 2.45) is 0 Å². The molecule has 0 fully saturated rings. The maximum Gasteiger partial charge on any atom is 0.253 e. The minimum Gasteiger partial charge on any atom is -0.475 e. The van der Waals surface area contributed by atoms with Gasteiger partial charge in [0.05, 0.1) is 17.8 Å². The zero-order valence-corrected chi connectivity index (χ0v) is 14.3. The molecule has 128 valence electrons. The van der Waals surface area contributed by atoms with E-state index in [9.17, 15) is 4.79 Å². The van der Waals surface area contributed by atoms with E-state index in [1.807, 2.05) is 32.9 Å². The molecule has 0 unspecified atom stereocenters. The Kier molecular flexibility index (Phi) is 6.26. The molecule has 2 aromatic heterocycles. The van der Waals surface area contributed by atoms with Gasteiger partial charge in [-0.15, -0.1) is 0 Å². The van der Waals surface area contributed by atoms with E-state index in [1.165, 1.54) is 6.20 Å². The summed E-state index contributed by atoms with van der Waals surface area (Å²) in [4.78, 5) is 20.2. The van der Waals surface area contributed by atoms with Crippen LogP contribution in [-0.4, -0.2) is 34.7 Å². The van der Waals surface area contributed by atoms with E-state index in [2.05, 4.69) is 15.3 Å². The molecule has 0 radical (unpaired) electrons. The first-order chi connectivity index (χ1) is 11.4. The zero-order chi connectivity index (χ0) is 17.4. The Bertz CT molecular complexity index is 637. The van der Waals surface area contributed by atoms with E-state index in [0.29, 0.717) is 31.2 Å². The number of aromatic nitrogens is 2. The van der Waals surface area contributed by atoms with Gasteiger partial charge in [0, 0.05) is 31.2 Å². The fraction of sp³-hybridized carbons (Fsp3) is 0.389. The Morgan fingerprint density at radius 2 is 1.88 bits per heavy atom. The number of ether oxygens (including phenoxy) is 2. The van der Waals surface area contributed by atoms with Crippen LogP contribution in [0.3, 0.4) is 0 Å². The van der Waals surface area contributed by atoms with Crippen molar-refractivity contribution in [2.45, 2.75) is 32.9 Å². The second-order valence-electron chi connectivity index (χ2n) is 6.23. The first-order valence-corrected chi connectivity index (χ1v) is 7.84. The maximum absolute atomic E-state index is 12.1. The molecule has 6 nitrogen and oxygen atoms in total. The van der Waals surface area contributed by atoms with Crippen molar-refractivity contribution >= 4 is 5.91 Å². The molecule has 0 aromatic carbocycles. The van der Waals surface area contributed by atoms with Gasteiger partial charge in [-0.3, -0.25) is 9.78 Å². The molecule has 0 aliphatic rings. The monoisotopic (exact) mass is 329 g/mol. The van der Waals surface area contributed by atoms with Crippen LogP contribution in [0, 0.1) is 0 Å². The van der Waals surface area contributed by atoms with E-state index < -0.39 is 0 Å². The minimum atomic E-state index is -0.187. The third-order valence-electron chi connectivity index (χ3n) is 3.07. The second kappa shape index (κ2) is 8.40. The predicted molar refractivity (Wildman–Crippen MR) is 90.8 cm³/mol. The van der Waals surface area contributed by atoms with Gasteiger partial charge in [-0.2, -0.15) is 0 Å². The Morgan fingerprint density at radius 3 is 2.50 bits per heavy atom. The fourth-order valence-corrected chi connectivity index (χ4v) is 1.88. The topological polar surface area (TPSA) is 73.3 Å². The Labute approximate surface area is 142 Å². The van der Waals surface area contributed by atoms with Crippen molar-refractivity contribution < 1.29 is 14.3 Å². The summed E-state index contributed by atoms with van der Waals surface area (Å²) >= 11 is 0. The minimum absolute atomic E-state index is 0.179. The van der Waals surface area contributed by atoms with Gasteiger partial charge in [-0.1, -0.05) is 0 Å². The lowest BCUT2D eigenvalue weighted by atomic mass is 10.2. The molecule has 0 aliphatic heterocycles. The van der Waals surface area contributed by atoms with Gasteiger partial charge >= 0.3 is 0 Å². The first kappa shape index (κ1) is 17.9. The third-order valence-corrected chi connectivity index (χ3v) is 3.07. The van der Waals surface area contributed by atoms with Crippen LogP contribution in [0.4, 0.5) is 0 Å². The molecule has 24 heavy (non-hydrogen) atoms. The first-order valence-electron chi connectivity index (χ1n) is 7.84. The highest BCUT2D eigenvalue weighted by atomic mass is 16.5. The number of nitrogens with zero attached hydrogens (tertiary/aromatic N) is 2. The van der Waals surface area contributed by atoms with Crippen molar-refractivity contribution in [3.63, 3.8) is 0 Å². The summed E-state index contributed by atoms with van der Waals surface area (Å²) in [6.45, 7) is 7.32. The summed E-state index contributed by atoms with van der Waals surface area (Å²) in [7, 11) is 0. The number of rotatable bonds is 7. The predicted octanol–water partition coefficient (Wildman–Crippen LogP) is 2.60. The normalized spacial score (nSPS) is 11.1. The highest BCUT2D eigenvalue weighted by Crippen LogP contribution is 2.09. The van der Waals surface area contributed by atoms with E-state index in [0.717, 1.165) is 5.56 Å². The van der Waals surface area contributed by atoms with Gasteiger partial charge in [0.2, 0.25) is 5.88 Å². The molecule has 0 bridgehead atoms. The van der Waals surface area contributed by atoms with Crippen LogP contribution in [0.25, 0.3) is 0 Å². The van der Waals surface area contributed by atoms with Gasteiger partial charge in [-0.05, 0) is 44.5 Å². The summed E-state index contributed by atoms with van der Waals surface area (Å²) in [6, 6.07) is 7.08. The van der Waals surface area contributed by atoms with E-state index in [-0.39, 0.29) is 11.5 Å². The lowest BCUT2D eigenvalue weighted by Crippen LogP contribution is -2.23. The largest absolute Gasteiger partial charge is 0.475 e. The van der Waals surface area contributed by atoms with Crippen molar-refractivity contribution in [1.82, 2.24) is 15.3 Å². The quantitative estimate of drug-likeness (QED) is 0.791. The highest BCUT2D eigenvalue weighted by Gasteiger charge is 2.10. The number of nitrogens with one attached hydrogen (secondary N) is 1. The molecular formula is C18H23N3O3. The van der Waals surface area contributed by atoms with Crippen LogP contribution in [0.5, 0.6) is 5.88 Å². The van der Waals surface area contributed by atoms with E-state index in [4.69, 9.17) is 9.47 Å². The molecule has 1 amide bonds. The summed E-state index contributed by atoms with van der Waals surface area (Å²) in [5, 5.41) is 2.84. The average Bonchev–Trinajstić information content (AvgIpc) is 2.57. The van der Waals surface area contributed by atoms with Gasteiger partial charge < -0.3 is 14.8 Å².